The minimum Gasteiger partial charge on any atom is -0.317 e. The largest absolute Gasteiger partial charge is 0.317 e. The molecule has 1 heterocycles. The van der Waals surface area contributed by atoms with Gasteiger partial charge in [0.2, 0.25) is 11.8 Å². The number of carbonyl (C=O) groups is 3. The van der Waals surface area contributed by atoms with Gasteiger partial charge in [-0.3, -0.25) is 19.7 Å². The van der Waals surface area contributed by atoms with Crippen LogP contribution in [0.5, 0.6) is 0 Å². The van der Waals surface area contributed by atoms with Crippen molar-refractivity contribution in [1.82, 2.24) is 10.2 Å². The molecule has 0 aromatic heterocycles. The molecule has 3 amide bonds. The summed E-state index contributed by atoms with van der Waals surface area (Å²) < 4.78 is 26.3. The summed E-state index contributed by atoms with van der Waals surface area (Å²) in [5, 5.41) is 2.06. The Hall–Kier alpha value is -2.31. The lowest BCUT2D eigenvalue weighted by molar-refractivity contribution is -0.138. The molecule has 1 saturated heterocycles. The summed E-state index contributed by atoms with van der Waals surface area (Å²) in [5.74, 6) is -3.94. The molecule has 1 aliphatic heterocycles. The fourth-order valence-electron chi connectivity index (χ4n) is 1.78. The van der Waals surface area contributed by atoms with Gasteiger partial charge in [0, 0.05) is 6.07 Å². The van der Waals surface area contributed by atoms with Crippen LogP contribution >= 0.6 is 0 Å². The van der Waals surface area contributed by atoms with E-state index in [2.05, 4.69) is 5.32 Å². The molecule has 19 heavy (non-hydrogen) atoms. The first kappa shape index (κ1) is 13.1. The quantitative estimate of drug-likeness (QED) is 0.752. The molecule has 1 N–H and O–H groups in total. The third-order valence-electron chi connectivity index (χ3n) is 2.85. The van der Waals surface area contributed by atoms with Gasteiger partial charge in [-0.05, 0) is 19.1 Å². The van der Waals surface area contributed by atoms with Gasteiger partial charge >= 0.3 is 0 Å². The van der Waals surface area contributed by atoms with Gasteiger partial charge in [-0.1, -0.05) is 0 Å². The molecule has 1 aliphatic rings. The zero-order valence-electron chi connectivity index (χ0n) is 9.94. The second-order valence-electron chi connectivity index (χ2n) is 4.15. The van der Waals surface area contributed by atoms with Crippen LogP contribution in [-0.2, 0) is 9.59 Å². The Morgan fingerprint density at radius 2 is 2.05 bits per heavy atom. The molecule has 0 spiro atoms. The SMILES string of the molecule is CC1C(=O)NC(=O)CN1C(=O)c1ccc(F)cc1F. The molecule has 1 aromatic rings. The van der Waals surface area contributed by atoms with E-state index in [0.717, 1.165) is 17.0 Å². The molecule has 0 aliphatic carbocycles. The van der Waals surface area contributed by atoms with Crippen molar-refractivity contribution in [3.05, 3.63) is 35.4 Å². The zero-order valence-corrected chi connectivity index (χ0v) is 9.94. The van der Waals surface area contributed by atoms with Gasteiger partial charge in [-0.25, -0.2) is 8.78 Å². The summed E-state index contributed by atoms with van der Waals surface area (Å²) in [6.07, 6.45) is 0. The van der Waals surface area contributed by atoms with Gasteiger partial charge in [0.05, 0.1) is 5.56 Å². The molecule has 1 atom stereocenters. The van der Waals surface area contributed by atoms with Crippen LogP contribution in [0.4, 0.5) is 8.78 Å². The molecule has 1 unspecified atom stereocenters. The molecule has 100 valence electrons. The lowest BCUT2D eigenvalue weighted by Gasteiger charge is -2.31. The molecule has 0 bridgehead atoms. The molecule has 1 aromatic carbocycles. The Morgan fingerprint density at radius 3 is 2.68 bits per heavy atom. The number of rotatable bonds is 1. The summed E-state index contributed by atoms with van der Waals surface area (Å²) in [4.78, 5) is 35.6. The van der Waals surface area contributed by atoms with E-state index in [-0.39, 0.29) is 12.1 Å². The molecular formula is C12H10F2N2O3. The first-order valence-corrected chi connectivity index (χ1v) is 5.50. The smallest absolute Gasteiger partial charge is 0.257 e. The predicted molar refractivity (Wildman–Crippen MR) is 60.0 cm³/mol. The van der Waals surface area contributed by atoms with Crippen molar-refractivity contribution in [1.29, 1.82) is 0 Å². The van der Waals surface area contributed by atoms with E-state index in [4.69, 9.17) is 0 Å². The van der Waals surface area contributed by atoms with Gasteiger partial charge in [-0.2, -0.15) is 0 Å². The van der Waals surface area contributed by atoms with Crippen molar-refractivity contribution < 1.29 is 23.2 Å². The summed E-state index contributed by atoms with van der Waals surface area (Å²) in [6.45, 7) is 1.07. The van der Waals surface area contributed by atoms with Gasteiger partial charge in [0.25, 0.3) is 5.91 Å². The number of amides is 3. The van der Waals surface area contributed by atoms with Crippen molar-refractivity contribution >= 4 is 17.7 Å². The second-order valence-corrected chi connectivity index (χ2v) is 4.15. The van der Waals surface area contributed by atoms with Crippen molar-refractivity contribution in [2.24, 2.45) is 0 Å². The van der Waals surface area contributed by atoms with E-state index >= 15 is 0 Å². The Kier molecular flexibility index (Phi) is 3.28. The summed E-state index contributed by atoms with van der Waals surface area (Å²) in [5.41, 5.74) is -0.379. The topological polar surface area (TPSA) is 66.5 Å². The number of hydrogen-bond donors (Lipinski definition) is 1. The maximum atomic E-state index is 13.5. The third-order valence-corrected chi connectivity index (χ3v) is 2.85. The van der Waals surface area contributed by atoms with Crippen LogP contribution in [-0.4, -0.2) is 35.2 Å². The van der Waals surface area contributed by atoms with Crippen LogP contribution in [0.1, 0.15) is 17.3 Å². The first-order chi connectivity index (χ1) is 8.90. The normalized spacial score (nSPS) is 19.3. The Balaban J connectivity index is 2.32. The van der Waals surface area contributed by atoms with Crippen molar-refractivity contribution in [3.8, 4) is 0 Å². The van der Waals surface area contributed by atoms with Crippen LogP contribution in [0.3, 0.4) is 0 Å². The van der Waals surface area contributed by atoms with Crippen molar-refractivity contribution in [3.63, 3.8) is 0 Å². The monoisotopic (exact) mass is 268 g/mol. The Morgan fingerprint density at radius 1 is 1.37 bits per heavy atom. The highest BCUT2D eigenvalue weighted by molar-refractivity contribution is 6.07. The van der Waals surface area contributed by atoms with Gasteiger partial charge in [0.1, 0.15) is 24.2 Å². The molecule has 5 nitrogen and oxygen atoms in total. The number of halogens is 2. The van der Waals surface area contributed by atoms with E-state index in [0.29, 0.717) is 6.07 Å². The average Bonchev–Trinajstić information content (AvgIpc) is 2.33. The lowest BCUT2D eigenvalue weighted by Crippen LogP contribution is -2.58. The number of hydrogen-bond acceptors (Lipinski definition) is 3. The van der Waals surface area contributed by atoms with Crippen LogP contribution in [0, 0.1) is 11.6 Å². The van der Waals surface area contributed by atoms with Crippen LogP contribution in [0.2, 0.25) is 0 Å². The Bertz CT molecular complexity index is 574. The highest BCUT2D eigenvalue weighted by Gasteiger charge is 2.34. The van der Waals surface area contributed by atoms with Gasteiger partial charge in [-0.15, -0.1) is 0 Å². The maximum Gasteiger partial charge on any atom is 0.257 e. The lowest BCUT2D eigenvalue weighted by atomic mass is 10.1. The van der Waals surface area contributed by atoms with Gasteiger partial charge < -0.3 is 4.90 Å². The van der Waals surface area contributed by atoms with E-state index in [1.54, 1.807) is 0 Å². The van der Waals surface area contributed by atoms with Gasteiger partial charge in [0.15, 0.2) is 0 Å². The number of carbonyl (C=O) groups excluding carboxylic acids is 3. The fraction of sp³-hybridized carbons (Fsp3) is 0.250. The van der Waals surface area contributed by atoms with Crippen LogP contribution in [0.15, 0.2) is 18.2 Å². The van der Waals surface area contributed by atoms with E-state index in [9.17, 15) is 23.2 Å². The molecule has 1 fully saturated rings. The number of imide groups is 1. The van der Waals surface area contributed by atoms with E-state index in [1.807, 2.05) is 0 Å². The summed E-state index contributed by atoms with van der Waals surface area (Å²) in [7, 11) is 0. The highest BCUT2D eigenvalue weighted by atomic mass is 19.1. The minimum atomic E-state index is -1.03. The van der Waals surface area contributed by atoms with Crippen molar-refractivity contribution in [2.75, 3.05) is 6.54 Å². The van der Waals surface area contributed by atoms with Crippen molar-refractivity contribution in [2.45, 2.75) is 13.0 Å². The number of nitrogens with one attached hydrogen (secondary N) is 1. The number of piperazine rings is 1. The average molecular weight is 268 g/mol. The summed E-state index contributed by atoms with van der Waals surface area (Å²) in [6, 6.07) is 1.60. The fourth-order valence-corrected chi connectivity index (χ4v) is 1.78. The van der Waals surface area contributed by atoms with Crippen LogP contribution < -0.4 is 5.32 Å². The van der Waals surface area contributed by atoms with Crippen LogP contribution in [0.25, 0.3) is 0 Å². The first-order valence-electron chi connectivity index (χ1n) is 5.50. The molecule has 0 radical (unpaired) electrons. The maximum absolute atomic E-state index is 13.5. The summed E-state index contributed by atoms with van der Waals surface area (Å²) >= 11 is 0. The zero-order chi connectivity index (χ0) is 14.2. The molecule has 2 rings (SSSR count). The minimum absolute atomic E-state index is 0.345. The Labute approximate surface area is 107 Å². The molecule has 7 heteroatoms. The third kappa shape index (κ3) is 2.44. The number of nitrogens with zero attached hydrogens (tertiary/aromatic N) is 1. The van der Waals surface area contributed by atoms with E-state index in [1.165, 1.54) is 6.92 Å². The van der Waals surface area contributed by atoms with E-state index < -0.39 is 35.4 Å². The standard InChI is InChI=1S/C12H10F2N2O3/c1-6-11(18)15-10(17)5-16(6)12(19)8-3-2-7(13)4-9(8)14/h2-4,6H,5H2,1H3,(H,15,17,18). The predicted octanol–water partition coefficient (Wildman–Crippen LogP) is 0.452. The molecular weight excluding hydrogens is 258 g/mol. The molecule has 0 saturated carbocycles. The second kappa shape index (κ2) is 4.75. The highest BCUT2D eigenvalue weighted by Crippen LogP contribution is 2.15. The number of benzene rings is 1.